The van der Waals surface area contributed by atoms with Crippen LogP contribution in [0, 0.1) is 5.92 Å². The van der Waals surface area contributed by atoms with Crippen molar-refractivity contribution in [2.45, 2.75) is 17.1 Å². The fraction of sp³-hybridized carbons (Fsp3) is 0.152. The Morgan fingerprint density at radius 2 is 1.64 bits per heavy atom. The number of carbonyl (C=O) groups is 1. The number of benzene rings is 3. The predicted octanol–water partition coefficient (Wildman–Crippen LogP) is 7.31. The van der Waals surface area contributed by atoms with E-state index in [-0.39, 0.29) is 11.8 Å². The van der Waals surface area contributed by atoms with E-state index in [1.165, 1.54) is 15.6 Å². The quantitative estimate of drug-likeness (QED) is 0.211. The van der Waals surface area contributed by atoms with Gasteiger partial charge in [-0.2, -0.15) is 0 Å². The van der Waals surface area contributed by atoms with E-state index in [9.17, 15) is 13.2 Å². The lowest BCUT2D eigenvalue weighted by atomic mass is 9.92. The van der Waals surface area contributed by atoms with Gasteiger partial charge < -0.3 is 9.88 Å². The lowest BCUT2D eigenvalue weighted by molar-refractivity contribution is -0.119. The molecule has 1 aliphatic rings. The Kier molecular flexibility index (Phi) is 6.36. The summed E-state index contributed by atoms with van der Waals surface area (Å²) < 4.78 is 28.2. The van der Waals surface area contributed by atoms with Crippen molar-refractivity contribution >= 4 is 60.6 Å². The van der Waals surface area contributed by atoms with Crippen LogP contribution < -0.4 is 9.21 Å². The molecule has 210 valence electrons. The summed E-state index contributed by atoms with van der Waals surface area (Å²) in [5.74, 6) is 0.313. The second-order valence-corrected chi connectivity index (χ2v) is 13.8. The van der Waals surface area contributed by atoms with Gasteiger partial charge in [0, 0.05) is 59.3 Å². The smallest absolute Gasteiger partial charge is 0.273 e. The largest absolute Gasteiger partial charge is 0.339 e. The van der Waals surface area contributed by atoms with Crippen LogP contribution in [0.15, 0.2) is 101 Å². The van der Waals surface area contributed by atoms with E-state index < -0.39 is 10.0 Å². The van der Waals surface area contributed by atoms with Crippen molar-refractivity contribution in [1.29, 1.82) is 0 Å². The van der Waals surface area contributed by atoms with Crippen LogP contribution >= 0.6 is 11.3 Å². The third kappa shape index (κ3) is 4.45. The van der Waals surface area contributed by atoms with Crippen LogP contribution in [0.25, 0.3) is 44.2 Å². The summed E-state index contributed by atoms with van der Waals surface area (Å²) in [5, 5.41) is 3.57. The molecule has 3 aromatic heterocycles. The van der Waals surface area contributed by atoms with E-state index in [0.29, 0.717) is 9.90 Å². The first-order chi connectivity index (χ1) is 20.3. The molecule has 1 fully saturated rings. The molecule has 0 radical (unpaired) electrons. The van der Waals surface area contributed by atoms with Gasteiger partial charge in [-0.1, -0.05) is 48.5 Å². The monoisotopic (exact) mass is 592 g/mol. The molecular formula is C33H28N4O3S2. The van der Waals surface area contributed by atoms with Gasteiger partial charge >= 0.3 is 0 Å². The number of aromatic nitrogens is 2. The van der Waals surface area contributed by atoms with Crippen molar-refractivity contribution < 1.29 is 13.2 Å². The van der Waals surface area contributed by atoms with Gasteiger partial charge in [0.2, 0.25) is 5.91 Å². The molecule has 7 rings (SSSR count). The Morgan fingerprint density at radius 1 is 0.905 bits per heavy atom. The average Bonchev–Trinajstić information content (AvgIpc) is 3.58. The van der Waals surface area contributed by atoms with Gasteiger partial charge in [0.15, 0.2) is 0 Å². The van der Waals surface area contributed by atoms with Crippen molar-refractivity contribution in [3.8, 4) is 22.3 Å². The second-order valence-electron chi connectivity index (χ2n) is 10.6. The Hall–Kier alpha value is -4.47. The van der Waals surface area contributed by atoms with Gasteiger partial charge in [-0.15, -0.1) is 11.3 Å². The van der Waals surface area contributed by atoms with Crippen LogP contribution in [0.1, 0.15) is 12.8 Å². The summed E-state index contributed by atoms with van der Waals surface area (Å²) in [5.41, 5.74) is 6.96. The third-order valence-electron chi connectivity index (χ3n) is 7.96. The number of anilines is 2. The molecule has 9 heteroatoms. The minimum atomic E-state index is -3.69. The fourth-order valence-corrected chi connectivity index (χ4v) is 7.79. The molecule has 3 heterocycles. The summed E-state index contributed by atoms with van der Waals surface area (Å²) in [6.07, 6.45) is 3.81. The minimum Gasteiger partial charge on any atom is -0.339 e. The number of hydrogen-bond acceptors (Lipinski definition) is 5. The van der Waals surface area contributed by atoms with Crippen molar-refractivity contribution in [2.75, 3.05) is 23.3 Å². The zero-order chi connectivity index (χ0) is 29.0. The summed E-state index contributed by atoms with van der Waals surface area (Å²) in [6, 6.07) is 27.2. The number of nitrogens with zero attached hydrogens (tertiary/aromatic N) is 3. The molecule has 1 amide bonds. The van der Waals surface area contributed by atoms with Gasteiger partial charge in [-0.3, -0.25) is 9.10 Å². The van der Waals surface area contributed by atoms with Gasteiger partial charge in [-0.05, 0) is 65.7 Å². The summed E-state index contributed by atoms with van der Waals surface area (Å²) in [6.45, 7) is 0. The van der Waals surface area contributed by atoms with Crippen LogP contribution in [0.3, 0.4) is 0 Å². The summed E-state index contributed by atoms with van der Waals surface area (Å²) in [7, 11) is -0.274. The number of carbonyl (C=O) groups excluding carboxylic acids is 1. The molecule has 0 spiro atoms. The highest BCUT2D eigenvalue weighted by molar-refractivity contribution is 7.94. The van der Waals surface area contributed by atoms with Crippen LogP contribution in [-0.4, -0.2) is 38.4 Å². The van der Waals surface area contributed by atoms with Gasteiger partial charge in [-0.25, -0.2) is 13.4 Å². The number of H-pyrrole nitrogens is 1. The predicted molar refractivity (Wildman–Crippen MR) is 171 cm³/mol. The van der Waals surface area contributed by atoms with E-state index in [0.717, 1.165) is 62.7 Å². The second kappa shape index (κ2) is 10.1. The molecule has 1 saturated carbocycles. The first kappa shape index (κ1) is 26.4. The molecule has 0 bridgehead atoms. The molecule has 0 unspecified atom stereocenters. The molecule has 1 aliphatic carbocycles. The van der Waals surface area contributed by atoms with Crippen LogP contribution in [0.2, 0.25) is 0 Å². The van der Waals surface area contributed by atoms with Crippen LogP contribution in [-0.2, 0) is 14.8 Å². The molecule has 3 aromatic carbocycles. The number of rotatable bonds is 7. The highest BCUT2D eigenvalue weighted by Gasteiger charge is 2.32. The molecule has 1 N–H and O–H groups in total. The highest BCUT2D eigenvalue weighted by Crippen LogP contribution is 2.42. The van der Waals surface area contributed by atoms with E-state index in [4.69, 9.17) is 4.98 Å². The first-order valence-electron chi connectivity index (χ1n) is 13.7. The van der Waals surface area contributed by atoms with Crippen molar-refractivity contribution in [2.24, 2.45) is 5.92 Å². The van der Waals surface area contributed by atoms with Crippen LogP contribution in [0.5, 0.6) is 0 Å². The fourth-order valence-electron chi connectivity index (χ4n) is 5.44. The molecule has 7 nitrogen and oxygen atoms in total. The number of fused-ring (bicyclic) bond motifs is 3. The van der Waals surface area contributed by atoms with E-state index in [1.54, 1.807) is 29.5 Å². The maximum absolute atomic E-state index is 13.3. The Bertz CT molecular complexity index is 2050. The highest BCUT2D eigenvalue weighted by atomic mass is 32.2. The van der Waals surface area contributed by atoms with Crippen molar-refractivity contribution in [1.82, 2.24) is 9.97 Å². The first-order valence-corrected chi connectivity index (χ1v) is 16.1. The van der Waals surface area contributed by atoms with Crippen molar-refractivity contribution in [3.05, 3.63) is 96.5 Å². The standard InChI is InChI=1S/C33H28N4O3S2/c1-36(33(38)23-10-11-23)24-14-12-21(13-15-24)27-20-34-32-31(30(27)22-7-4-3-5-8-22)26-19-25(16-17-28(26)35-32)37(2)42(39,40)29-9-6-18-41-29/h3-9,12-20,23H,10-11H2,1-2H3,(H,34,35). The van der Waals surface area contributed by atoms with Crippen LogP contribution in [0.4, 0.5) is 11.4 Å². The van der Waals surface area contributed by atoms with E-state index in [1.807, 2.05) is 73.9 Å². The lowest BCUT2D eigenvalue weighted by Crippen LogP contribution is -2.27. The number of hydrogen-bond donors (Lipinski definition) is 1. The zero-order valence-corrected chi connectivity index (χ0v) is 24.7. The average molecular weight is 593 g/mol. The Labute approximate surface area is 248 Å². The molecule has 0 atom stereocenters. The number of nitrogens with one attached hydrogen (secondary N) is 1. The van der Waals surface area contributed by atoms with Crippen molar-refractivity contribution in [3.63, 3.8) is 0 Å². The molecular weight excluding hydrogens is 565 g/mol. The lowest BCUT2D eigenvalue weighted by Gasteiger charge is -2.19. The maximum Gasteiger partial charge on any atom is 0.273 e. The molecule has 0 aliphatic heterocycles. The number of aromatic amines is 1. The topological polar surface area (TPSA) is 86.4 Å². The Balaban J connectivity index is 1.39. The number of sulfonamides is 1. The van der Waals surface area contributed by atoms with E-state index in [2.05, 4.69) is 17.1 Å². The SMILES string of the molecule is CN(C(=O)C1CC1)c1ccc(-c2cnc3[nH]c4ccc(N(C)S(=O)(=O)c5cccs5)cc4c3c2-c2ccccc2)cc1. The molecule has 42 heavy (non-hydrogen) atoms. The number of pyridine rings is 1. The van der Waals surface area contributed by atoms with Gasteiger partial charge in [0.1, 0.15) is 9.86 Å². The van der Waals surface area contributed by atoms with Gasteiger partial charge in [0.05, 0.1) is 5.69 Å². The Morgan fingerprint density at radius 3 is 2.33 bits per heavy atom. The number of thiophene rings is 1. The normalized spacial score (nSPS) is 13.5. The third-order valence-corrected chi connectivity index (χ3v) is 11.1. The summed E-state index contributed by atoms with van der Waals surface area (Å²) >= 11 is 1.20. The van der Waals surface area contributed by atoms with Gasteiger partial charge in [0.25, 0.3) is 10.0 Å². The summed E-state index contributed by atoms with van der Waals surface area (Å²) in [4.78, 5) is 22.6. The molecule has 6 aromatic rings. The maximum atomic E-state index is 13.3. The zero-order valence-electron chi connectivity index (χ0n) is 23.1. The van der Waals surface area contributed by atoms with E-state index >= 15 is 0 Å². The number of amides is 1. The molecule has 0 saturated heterocycles. The minimum absolute atomic E-state index is 0.150.